The van der Waals surface area contributed by atoms with Gasteiger partial charge in [0.05, 0.1) is 12.2 Å². The van der Waals surface area contributed by atoms with Crippen LogP contribution in [-0.4, -0.2) is 25.3 Å². The van der Waals surface area contributed by atoms with Crippen LogP contribution in [0.3, 0.4) is 0 Å². The molecule has 1 aromatic rings. The summed E-state index contributed by atoms with van der Waals surface area (Å²) < 4.78 is 25.1. The molecule has 0 bridgehead atoms. The number of sulfonamides is 1. The second-order valence-corrected chi connectivity index (χ2v) is 5.68. The van der Waals surface area contributed by atoms with E-state index in [9.17, 15) is 13.5 Å². The molecular formula is C11H14N2O3S. The van der Waals surface area contributed by atoms with Gasteiger partial charge in [-0.05, 0) is 12.5 Å². The molecule has 17 heavy (non-hydrogen) atoms. The first-order valence-corrected chi connectivity index (χ1v) is 6.63. The van der Waals surface area contributed by atoms with E-state index in [1.54, 1.807) is 36.4 Å². The van der Waals surface area contributed by atoms with E-state index in [0.717, 1.165) is 0 Å². The number of aliphatic hydroxyl groups is 1. The zero-order valence-corrected chi connectivity index (χ0v) is 10.2. The van der Waals surface area contributed by atoms with Gasteiger partial charge >= 0.3 is 0 Å². The maximum atomic E-state index is 11.5. The van der Waals surface area contributed by atoms with Gasteiger partial charge in [0.1, 0.15) is 0 Å². The van der Waals surface area contributed by atoms with Gasteiger partial charge in [0.25, 0.3) is 0 Å². The molecule has 0 saturated heterocycles. The number of hydrogen-bond donors (Lipinski definition) is 2. The zero-order chi connectivity index (χ0) is 12.9. The van der Waals surface area contributed by atoms with Crippen molar-refractivity contribution in [3.63, 3.8) is 0 Å². The van der Waals surface area contributed by atoms with E-state index in [1.807, 2.05) is 0 Å². The Balaban J connectivity index is 2.61. The Bertz CT molecular complexity index is 493. The zero-order valence-electron chi connectivity index (χ0n) is 9.37. The monoisotopic (exact) mass is 254 g/mol. The summed E-state index contributed by atoms with van der Waals surface area (Å²) in [5.74, 6) is 0. The van der Waals surface area contributed by atoms with Crippen molar-refractivity contribution in [1.82, 2.24) is 4.72 Å². The predicted octanol–water partition coefficient (Wildman–Crippen LogP) is 0.551. The molecule has 0 aliphatic rings. The van der Waals surface area contributed by atoms with Crippen LogP contribution >= 0.6 is 0 Å². The lowest BCUT2D eigenvalue weighted by Crippen LogP contribution is -2.34. The third-order valence-electron chi connectivity index (χ3n) is 2.31. The van der Waals surface area contributed by atoms with Crippen LogP contribution in [0.25, 0.3) is 0 Å². The maximum Gasteiger partial charge on any atom is 0.227 e. The molecule has 2 unspecified atom stereocenters. The molecule has 0 aliphatic carbocycles. The Kier molecular flexibility index (Phi) is 4.63. The Morgan fingerprint density at radius 1 is 1.41 bits per heavy atom. The van der Waals surface area contributed by atoms with Crippen molar-refractivity contribution in [1.29, 1.82) is 5.26 Å². The van der Waals surface area contributed by atoms with Gasteiger partial charge in [-0.1, -0.05) is 30.3 Å². The molecule has 0 aliphatic heterocycles. The van der Waals surface area contributed by atoms with Crippen molar-refractivity contribution in [3.8, 4) is 6.07 Å². The minimum Gasteiger partial charge on any atom is -0.387 e. The topological polar surface area (TPSA) is 90.2 Å². The van der Waals surface area contributed by atoms with Crippen molar-refractivity contribution < 1.29 is 13.5 Å². The molecule has 92 valence electrons. The first kappa shape index (κ1) is 13.6. The molecule has 6 heteroatoms. The molecule has 2 N–H and O–H groups in total. The quantitative estimate of drug-likeness (QED) is 0.803. The molecule has 0 saturated carbocycles. The number of hydrogen-bond acceptors (Lipinski definition) is 4. The van der Waals surface area contributed by atoms with Crippen LogP contribution in [0.1, 0.15) is 18.6 Å². The fourth-order valence-electron chi connectivity index (χ4n) is 1.18. The summed E-state index contributed by atoms with van der Waals surface area (Å²) in [6.45, 7) is 1.15. The highest BCUT2D eigenvalue weighted by atomic mass is 32.2. The highest BCUT2D eigenvalue weighted by Crippen LogP contribution is 2.11. The third-order valence-corrected chi connectivity index (χ3v) is 3.91. The fourth-order valence-corrected chi connectivity index (χ4v) is 1.96. The Hall–Kier alpha value is -1.42. The van der Waals surface area contributed by atoms with Gasteiger partial charge in [0.15, 0.2) is 5.25 Å². The Labute approximate surface area is 101 Å². The van der Waals surface area contributed by atoms with Gasteiger partial charge in [-0.15, -0.1) is 0 Å². The lowest BCUT2D eigenvalue weighted by Gasteiger charge is -2.13. The van der Waals surface area contributed by atoms with E-state index in [-0.39, 0.29) is 6.54 Å². The second kappa shape index (κ2) is 5.77. The van der Waals surface area contributed by atoms with Crippen molar-refractivity contribution in [3.05, 3.63) is 35.9 Å². The lowest BCUT2D eigenvalue weighted by molar-refractivity contribution is 0.182. The predicted molar refractivity (Wildman–Crippen MR) is 63.4 cm³/mol. The number of benzene rings is 1. The van der Waals surface area contributed by atoms with Gasteiger partial charge < -0.3 is 5.11 Å². The Morgan fingerprint density at radius 3 is 2.53 bits per heavy atom. The van der Waals surface area contributed by atoms with E-state index in [1.165, 1.54) is 6.92 Å². The number of aliphatic hydroxyl groups excluding tert-OH is 1. The van der Waals surface area contributed by atoms with Crippen molar-refractivity contribution in [2.45, 2.75) is 18.3 Å². The highest BCUT2D eigenvalue weighted by Gasteiger charge is 2.21. The average molecular weight is 254 g/mol. The normalized spacial score (nSPS) is 14.9. The van der Waals surface area contributed by atoms with E-state index >= 15 is 0 Å². The fraction of sp³-hybridized carbons (Fsp3) is 0.364. The van der Waals surface area contributed by atoms with Crippen molar-refractivity contribution >= 4 is 10.0 Å². The molecule has 0 heterocycles. The number of nitriles is 1. The van der Waals surface area contributed by atoms with E-state index in [4.69, 9.17) is 5.26 Å². The van der Waals surface area contributed by atoms with Crippen LogP contribution in [0.5, 0.6) is 0 Å². The van der Waals surface area contributed by atoms with Crippen LogP contribution in [-0.2, 0) is 10.0 Å². The first-order chi connectivity index (χ1) is 7.97. The number of rotatable bonds is 5. The van der Waals surface area contributed by atoms with Crippen LogP contribution in [0.4, 0.5) is 0 Å². The summed E-state index contributed by atoms with van der Waals surface area (Å²) >= 11 is 0. The first-order valence-electron chi connectivity index (χ1n) is 5.08. The molecule has 1 rings (SSSR count). The molecule has 2 atom stereocenters. The van der Waals surface area contributed by atoms with Gasteiger partial charge in [0, 0.05) is 6.54 Å². The molecule has 1 aromatic carbocycles. The van der Waals surface area contributed by atoms with E-state index in [0.29, 0.717) is 5.56 Å². The maximum absolute atomic E-state index is 11.5. The number of nitrogens with one attached hydrogen (secondary N) is 1. The van der Waals surface area contributed by atoms with Crippen LogP contribution < -0.4 is 4.72 Å². The summed E-state index contributed by atoms with van der Waals surface area (Å²) in [6.07, 6.45) is -0.920. The minimum absolute atomic E-state index is 0.141. The van der Waals surface area contributed by atoms with Gasteiger partial charge in [-0.3, -0.25) is 0 Å². The van der Waals surface area contributed by atoms with Crippen LogP contribution in [0.15, 0.2) is 30.3 Å². The van der Waals surface area contributed by atoms with Crippen molar-refractivity contribution in [2.24, 2.45) is 0 Å². The standard InChI is InChI=1S/C11H14N2O3S/c1-9(7-12)17(15,16)13-8-11(14)10-5-3-2-4-6-10/h2-6,9,11,13-14H,8H2,1H3. The molecule has 0 aromatic heterocycles. The molecule has 5 nitrogen and oxygen atoms in total. The van der Waals surface area contributed by atoms with Crippen LogP contribution in [0, 0.1) is 11.3 Å². The van der Waals surface area contributed by atoms with Gasteiger partial charge in [0.2, 0.25) is 10.0 Å². The largest absolute Gasteiger partial charge is 0.387 e. The summed E-state index contributed by atoms with van der Waals surface area (Å²) in [5.41, 5.74) is 0.625. The van der Waals surface area contributed by atoms with Gasteiger partial charge in [-0.25, -0.2) is 13.1 Å². The molecule has 0 spiro atoms. The average Bonchev–Trinajstić information content (AvgIpc) is 2.36. The Morgan fingerprint density at radius 2 is 2.00 bits per heavy atom. The number of nitrogens with zero attached hydrogens (tertiary/aromatic N) is 1. The summed E-state index contributed by atoms with van der Waals surface area (Å²) in [4.78, 5) is 0. The summed E-state index contributed by atoms with van der Waals surface area (Å²) in [7, 11) is -3.68. The highest BCUT2D eigenvalue weighted by molar-refractivity contribution is 7.90. The van der Waals surface area contributed by atoms with Crippen molar-refractivity contribution in [2.75, 3.05) is 6.54 Å². The minimum atomic E-state index is -3.68. The lowest BCUT2D eigenvalue weighted by atomic mass is 10.1. The third kappa shape index (κ3) is 3.82. The van der Waals surface area contributed by atoms with Crippen LogP contribution in [0.2, 0.25) is 0 Å². The smallest absolute Gasteiger partial charge is 0.227 e. The summed E-state index contributed by atoms with van der Waals surface area (Å²) in [5, 5.41) is 17.1. The van der Waals surface area contributed by atoms with E-state index in [2.05, 4.69) is 4.72 Å². The molecule has 0 radical (unpaired) electrons. The molecule has 0 amide bonds. The molecule has 0 fully saturated rings. The second-order valence-electron chi connectivity index (χ2n) is 3.59. The van der Waals surface area contributed by atoms with Gasteiger partial charge in [-0.2, -0.15) is 5.26 Å². The SMILES string of the molecule is CC(C#N)S(=O)(=O)NCC(O)c1ccccc1. The van der Waals surface area contributed by atoms with E-state index < -0.39 is 21.4 Å². The summed E-state index contributed by atoms with van der Waals surface area (Å²) in [6, 6.07) is 10.4. The molecular weight excluding hydrogens is 240 g/mol.